The number of hydrogen-bond acceptors (Lipinski definition) is 3. The number of hydrogen-bond donors (Lipinski definition) is 1. The summed E-state index contributed by atoms with van der Waals surface area (Å²) < 4.78 is 0. The Kier molecular flexibility index (Phi) is 5.25. The second-order valence-electron chi connectivity index (χ2n) is 3.99. The predicted molar refractivity (Wildman–Crippen MR) is 70.0 cm³/mol. The van der Waals surface area contributed by atoms with Crippen LogP contribution in [-0.2, 0) is 4.79 Å². The summed E-state index contributed by atoms with van der Waals surface area (Å²) in [6.45, 7) is 3.60. The number of nitrogens with zero attached hydrogens (tertiary/aromatic N) is 2. The molecule has 1 heterocycles. The molecule has 1 aliphatic heterocycles. The van der Waals surface area contributed by atoms with Gasteiger partial charge in [-0.15, -0.1) is 12.4 Å². The van der Waals surface area contributed by atoms with Crippen LogP contribution in [0, 0.1) is 0 Å². The van der Waals surface area contributed by atoms with E-state index in [-0.39, 0.29) is 19.0 Å². The molecule has 0 saturated carbocycles. The molecule has 1 N–H and O–H groups in total. The normalized spacial score (nSPS) is 16.4. The van der Waals surface area contributed by atoms with Crippen LogP contribution in [0.4, 0.5) is 5.69 Å². The molecule has 0 aromatic heterocycles. The van der Waals surface area contributed by atoms with Crippen molar-refractivity contribution in [3.8, 4) is 0 Å². The minimum Gasteiger partial charge on any atom is -0.480 e. The van der Waals surface area contributed by atoms with Gasteiger partial charge in [-0.3, -0.25) is 9.69 Å². The van der Waals surface area contributed by atoms with E-state index >= 15 is 0 Å². The Bertz CT molecular complexity index is 351. The summed E-state index contributed by atoms with van der Waals surface area (Å²) in [6.07, 6.45) is 0. The van der Waals surface area contributed by atoms with Crippen LogP contribution >= 0.6 is 12.4 Å². The number of aliphatic carboxylic acids is 1. The van der Waals surface area contributed by atoms with Gasteiger partial charge in [0.05, 0.1) is 6.54 Å². The molecular weight excluding hydrogens is 240 g/mol. The number of piperazine rings is 1. The van der Waals surface area contributed by atoms with E-state index in [0.717, 1.165) is 26.2 Å². The van der Waals surface area contributed by atoms with Crippen molar-refractivity contribution in [2.45, 2.75) is 0 Å². The Morgan fingerprint density at radius 1 is 1.12 bits per heavy atom. The van der Waals surface area contributed by atoms with Crippen LogP contribution in [0.25, 0.3) is 0 Å². The first-order valence-corrected chi connectivity index (χ1v) is 5.50. The van der Waals surface area contributed by atoms with Gasteiger partial charge in [-0.2, -0.15) is 0 Å². The third kappa shape index (κ3) is 3.91. The highest BCUT2D eigenvalue weighted by Crippen LogP contribution is 2.15. The first-order valence-electron chi connectivity index (χ1n) is 5.50. The highest BCUT2D eigenvalue weighted by atomic mass is 35.5. The maximum atomic E-state index is 10.6. The van der Waals surface area contributed by atoms with E-state index in [9.17, 15) is 4.79 Å². The van der Waals surface area contributed by atoms with Crippen molar-refractivity contribution >= 4 is 24.1 Å². The van der Waals surface area contributed by atoms with Gasteiger partial charge in [0, 0.05) is 31.9 Å². The Hall–Kier alpha value is -1.26. The number of halogens is 1. The van der Waals surface area contributed by atoms with E-state index < -0.39 is 5.97 Å². The van der Waals surface area contributed by atoms with Crippen molar-refractivity contribution in [3.05, 3.63) is 30.3 Å². The Balaban J connectivity index is 0.00000144. The quantitative estimate of drug-likeness (QED) is 0.886. The molecule has 1 aromatic rings. The van der Waals surface area contributed by atoms with Gasteiger partial charge in [0.2, 0.25) is 0 Å². The zero-order valence-corrected chi connectivity index (χ0v) is 10.4. The summed E-state index contributed by atoms with van der Waals surface area (Å²) in [5.41, 5.74) is 1.22. The third-order valence-corrected chi connectivity index (χ3v) is 2.85. The molecule has 0 radical (unpaired) electrons. The van der Waals surface area contributed by atoms with Crippen molar-refractivity contribution < 1.29 is 9.90 Å². The Morgan fingerprint density at radius 2 is 1.71 bits per heavy atom. The topological polar surface area (TPSA) is 43.8 Å². The zero-order valence-electron chi connectivity index (χ0n) is 9.58. The van der Waals surface area contributed by atoms with E-state index in [1.54, 1.807) is 0 Å². The monoisotopic (exact) mass is 256 g/mol. The van der Waals surface area contributed by atoms with E-state index in [0.29, 0.717) is 0 Å². The van der Waals surface area contributed by atoms with Crippen LogP contribution in [0.5, 0.6) is 0 Å². The van der Waals surface area contributed by atoms with Crippen LogP contribution in [0.1, 0.15) is 0 Å². The number of carboxylic acid groups (broad SMARTS) is 1. The molecule has 1 saturated heterocycles. The fraction of sp³-hybridized carbons (Fsp3) is 0.417. The van der Waals surface area contributed by atoms with Crippen LogP contribution in [0.2, 0.25) is 0 Å². The van der Waals surface area contributed by atoms with Crippen molar-refractivity contribution in [1.82, 2.24) is 4.90 Å². The minimum absolute atomic E-state index is 0. The van der Waals surface area contributed by atoms with Gasteiger partial charge in [0.1, 0.15) is 0 Å². The molecule has 0 atom stereocenters. The van der Waals surface area contributed by atoms with Gasteiger partial charge in [-0.1, -0.05) is 18.2 Å². The summed E-state index contributed by atoms with van der Waals surface area (Å²) in [6, 6.07) is 10.2. The molecule has 0 unspecified atom stereocenters. The summed E-state index contributed by atoms with van der Waals surface area (Å²) >= 11 is 0. The molecular formula is C12H17ClN2O2. The number of para-hydroxylation sites is 1. The molecule has 17 heavy (non-hydrogen) atoms. The molecule has 0 spiro atoms. The van der Waals surface area contributed by atoms with Crippen LogP contribution < -0.4 is 4.90 Å². The smallest absolute Gasteiger partial charge is 0.317 e. The largest absolute Gasteiger partial charge is 0.480 e. The molecule has 94 valence electrons. The summed E-state index contributed by atoms with van der Waals surface area (Å²) in [5, 5.41) is 8.69. The molecule has 0 amide bonds. The molecule has 5 heteroatoms. The van der Waals surface area contributed by atoms with Gasteiger partial charge in [-0.05, 0) is 12.1 Å². The number of rotatable bonds is 3. The van der Waals surface area contributed by atoms with E-state index in [1.165, 1.54) is 5.69 Å². The van der Waals surface area contributed by atoms with Gasteiger partial charge in [-0.25, -0.2) is 0 Å². The summed E-state index contributed by atoms with van der Waals surface area (Å²) in [4.78, 5) is 14.8. The van der Waals surface area contributed by atoms with Gasteiger partial charge in [0.15, 0.2) is 0 Å². The maximum absolute atomic E-state index is 10.6. The number of anilines is 1. The standard InChI is InChI=1S/C12H16N2O2.ClH/c15-12(16)10-13-6-8-14(9-7-13)11-4-2-1-3-5-11;/h1-5H,6-10H2,(H,15,16);1H. The zero-order chi connectivity index (χ0) is 11.4. The van der Waals surface area contributed by atoms with Gasteiger partial charge >= 0.3 is 5.97 Å². The maximum Gasteiger partial charge on any atom is 0.317 e. The fourth-order valence-corrected chi connectivity index (χ4v) is 1.99. The lowest BCUT2D eigenvalue weighted by atomic mass is 10.2. The fourth-order valence-electron chi connectivity index (χ4n) is 1.99. The van der Waals surface area contributed by atoms with Crippen molar-refractivity contribution in [1.29, 1.82) is 0 Å². The lowest BCUT2D eigenvalue weighted by molar-refractivity contribution is -0.138. The second kappa shape index (κ2) is 6.47. The molecule has 0 bridgehead atoms. The Morgan fingerprint density at radius 3 is 2.24 bits per heavy atom. The van der Waals surface area contributed by atoms with Crippen molar-refractivity contribution in [2.24, 2.45) is 0 Å². The molecule has 4 nitrogen and oxygen atoms in total. The van der Waals surface area contributed by atoms with Crippen LogP contribution in [0.15, 0.2) is 30.3 Å². The van der Waals surface area contributed by atoms with E-state index in [1.807, 2.05) is 23.1 Å². The number of carbonyl (C=O) groups is 1. The SMILES string of the molecule is Cl.O=C(O)CN1CCN(c2ccccc2)CC1. The first-order chi connectivity index (χ1) is 7.75. The van der Waals surface area contributed by atoms with Crippen molar-refractivity contribution in [2.75, 3.05) is 37.6 Å². The van der Waals surface area contributed by atoms with Gasteiger partial charge in [0.25, 0.3) is 0 Å². The highest BCUT2D eigenvalue weighted by Gasteiger charge is 2.18. The average molecular weight is 257 g/mol. The van der Waals surface area contributed by atoms with E-state index in [2.05, 4.69) is 17.0 Å². The van der Waals surface area contributed by atoms with Crippen LogP contribution in [-0.4, -0.2) is 48.7 Å². The van der Waals surface area contributed by atoms with Gasteiger partial charge < -0.3 is 10.0 Å². The number of carboxylic acids is 1. The summed E-state index contributed by atoms with van der Waals surface area (Å²) in [5.74, 6) is -0.742. The molecule has 0 aliphatic carbocycles. The number of benzene rings is 1. The lowest BCUT2D eigenvalue weighted by Gasteiger charge is -2.35. The third-order valence-electron chi connectivity index (χ3n) is 2.85. The highest BCUT2D eigenvalue weighted by molar-refractivity contribution is 5.85. The average Bonchev–Trinajstić information content (AvgIpc) is 2.30. The molecule has 2 rings (SSSR count). The van der Waals surface area contributed by atoms with Crippen LogP contribution in [0.3, 0.4) is 0 Å². The summed E-state index contributed by atoms with van der Waals surface area (Å²) in [7, 11) is 0. The molecule has 1 aromatic carbocycles. The minimum atomic E-state index is -0.742. The lowest BCUT2D eigenvalue weighted by Crippen LogP contribution is -2.47. The Labute approximate surface area is 107 Å². The molecule has 1 fully saturated rings. The first kappa shape index (κ1) is 13.8. The van der Waals surface area contributed by atoms with E-state index in [4.69, 9.17) is 5.11 Å². The predicted octanol–water partition coefficient (Wildman–Crippen LogP) is 1.32. The molecule has 1 aliphatic rings. The van der Waals surface area contributed by atoms with Crippen molar-refractivity contribution in [3.63, 3.8) is 0 Å². The second-order valence-corrected chi connectivity index (χ2v) is 3.99.